The minimum absolute atomic E-state index is 0.0410. The Morgan fingerprint density at radius 1 is 0.933 bits per heavy atom. The second kappa shape index (κ2) is 14.3. The van der Waals surface area contributed by atoms with Crippen LogP contribution in [0, 0.1) is 0 Å². The number of halogens is 2. The summed E-state index contributed by atoms with van der Waals surface area (Å²) in [5.41, 5.74) is 1.71. The largest absolute Gasteiger partial charge is 0.486 e. The number of benzene rings is 4. The number of aryl methyl sites for hydroxylation is 1. The Labute approximate surface area is 273 Å². The number of nitrogens with zero attached hydrogens (tertiary/aromatic N) is 1. The zero-order valence-electron chi connectivity index (χ0n) is 23.5. The number of hydrogen-bond donors (Lipinski definition) is 2. The van der Waals surface area contributed by atoms with Crippen LogP contribution in [0.25, 0.3) is 10.2 Å². The second-order valence-corrected chi connectivity index (χ2v) is 13.9. The first-order valence-electron chi connectivity index (χ1n) is 13.6. The molecule has 13 heteroatoms. The zero-order chi connectivity index (χ0) is 32.0. The molecule has 0 fully saturated rings. The lowest BCUT2D eigenvalue weighted by Crippen LogP contribution is -2.45. The maximum Gasteiger partial charge on any atom is 0.366 e. The van der Waals surface area contributed by atoms with Gasteiger partial charge in [-0.25, -0.2) is 18.2 Å². The summed E-state index contributed by atoms with van der Waals surface area (Å²) in [5, 5.41) is 13.9. The summed E-state index contributed by atoms with van der Waals surface area (Å²) in [6.45, 7) is 0.0968. The number of para-hydroxylation sites is 1. The van der Waals surface area contributed by atoms with Gasteiger partial charge in [-0.15, -0.1) is 11.3 Å². The number of amides is 1. The number of carbonyl (C=O) groups excluding carboxylic acids is 1. The van der Waals surface area contributed by atoms with Gasteiger partial charge in [0.1, 0.15) is 23.1 Å². The van der Waals surface area contributed by atoms with Crippen LogP contribution in [-0.2, 0) is 27.7 Å². The van der Waals surface area contributed by atoms with E-state index in [9.17, 15) is 23.1 Å². The fourth-order valence-electron chi connectivity index (χ4n) is 4.36. The third kappa shape index (κ3) is 8.52. The Morgan fingerprint density at radius 3 is 2.38 bits per heavy atom. The molecule has 2 N–H and O–H groups in total. The van der Waals surface area contributed by atoms with Gasteiger partial charge in [0, 0.05) is 10.0 Å². The third-order valence-electron chi connectivity index (χ3n) is 6.59. The molecular weight excluding hydrogens is 659 g/mol. The van der Waals surface area contributed by atoms with Crippen molar-refractivity contribution in [2.75, 3.05) is 5.75 Å². The number of carboxylic acid groups (broad SMARTS) is 1. The van der Waals surface area contributed by atoms with Crippen molar-refractivity contribution in [1.82, 2.24) is 10.3 Å². The SMILES string of the molecule is O=C(NC(Oc1ccc(CCCS(=O)(=O)c2ccc(Cl)cc2)cc1)C(=O)O)c1ccccc1OCc1nc2cc(Cl)ccc2s1. The predicted octanol–water partition coefficient (Wildman–Crippen LogP) is 6.81. The molecule has 0 aliphatic heterocycles. The molecule has 0 aliphatic rings. The summed E-state index contributed by atoms with van der Waals surface area (Å²) >= 11 is 13.3. The number of carbonyl (C=O) groups is 2. The molecule has 9 nitrogen and oxygen atoms in total. The van der Waals surface area contributed by atoms with Gasteiger partial charge in [-0.05, 0) is 85.1 Å². The van der Waals surface area contributed by atoms with E-state index in [1.54, 1.807) is 54.6 Å². The van der Waals surface area contributed by atoms with Gasteiger partial charge >= 0.3 is 5.97 Å². The number of rotatable bonds is 13. The molecule has 4 aromatic carbocycles. The molecule has 5 aromatic rings. The van der Waals surface area contributed by atoms with Gasteiger partial charge in [0.2, 0.25) is 0 Å². The highest BCUT2D eigenvalue weighted by molar-refractivity contribution is 7.91. The molecule has 1 unspecified atom stereocenters. The van der Waals surface area contributed by atoms with E-state index in [0.717, 1.165) is 15.8 Å². The lowest BCUT2D eigenvalue weighted by atomic mass is 10.1. The van der Waals surface area contributed by atoms with Gasteiger partial charge in [-0.1, -0.05) is 47.5 Å². The highest BCUT2D eigenvalue weighted by Gasteiger charge is 2.24. The van der Waals surface area contributed by atoms with E-state index in [-0.39, 0.29) is 34.3 Å². The van der Waals surface area contributed by atoms with Crippen molar-refractivity contribution in [3.8, 4) is 11.5 Å². The van der Waals surface area contributed by atoms with Crippen LogP contribution in [0.15, 0.2) is 95.9 Å². The first kappa shape index (κ1) is 32.2. The van der Waals surface area contributed by atoms with Crippen LogP contribution in [0.5, 0.6) is 11.5 Å². The molecule has 0 saturated heterocycles. The lowest BCUT2D eigenvalue weighted by molar-refractivity contribution is -0.146. The number of hydrogen-bond acceptors (Lipinski definition) is 8. The molecule has 0 bridgehead atoms. The fraction of sp³-hybridized carbons (Fsp3) is 0.156. The van der Waals surface area contributed by atoms with Crippen LogP contribution in [-0.4, -0.2) is 42.4 Å². The maximum atomic E-state index is 13.1. The van der Waals surface area contributed by atoms with Crippen molar-refractivity contribution in [1.29, 1.82) is 0 Å². The van der Waals surface area contributed by atoms with Crippen LogP contribution in [0.4, 0.5) is 0 Å². The number of fused-ring (bicyclic) bond motifs is 1. The highest BCUT2D eigenvalue weighted by Crippen LogP contribution is 2.27. The summed E-state index contributed by atoms with van der Waals surface area (Å²) in [6, 6.07) is 24.5. The molecule has 0 spiro atoms. The number of aliphatic carboxylic acids is 1. The molecule has 0 saturated carbocycles. The number of sulfone groups is 1. The quantitative estimate of drug-likeness (QED) is 0.129. The van der Waals surface area contributed by atoms with Crippen molar-refractivity contribution in [2.24, 2.45) is 0 Å². The lowest BCUT2D eigenvalue weighted by Gasteiger charge is -2.18. The topological polar surface area (TPSA) is 132 Å². The molecule has 1 aromatic heterocycles. The van der Waals surface area contributed by atoms with Crippen LogP contribution < -0.4 is 14.8 Å². The number of nitrogens with one attached hydrogen (secondary N) is 1. The Bertz CT molecular complexity index is 1930. The minimum Gasteiger partial charge on any atom is -0.486 e. The van der Waals surface area contributed by atoms with E-state index < -0.39 is 27.9 Å². The molecule has 45 heavy (non-hydrogen) atoms. The van der Waals surface area contributed by atoms with E-state index in [1.165, 1.54) is 41.7 Å². The third-order valence-corrected chi connectivity index (χ3v) is 9.91. The van der Waals surface area contributed by atoms with E-state index >= 15 is 0 Å². The van der Waals surface area contributed by atoms with E-state index in [0.29, 0.717) is 27.9 Å². The monoisotopic (exact) mass is 684 g/mol. The summed E-state index contributed by atoms with van der Waals surface area (Å²) in [6.07, 6.45) is -0.823. The Kier molecular flexibility index (Phi) is 10.2. The van der Waals surface area contributed by atoms with Crippen molar-refractivity contribution in [2.45, 2.75) is 30.6 Å². The van der Waals surface area contributed by atoms with Gasteiger partial charge in [-0.2, -0.15) is 0 Å². The average molecular weight is 686 g/mol. The van der Waals surface area contributed by atoms with Crippen molar-refractivity contribution in [3.05, 3.63) is 117 Å². The van der Waals surface area contributed by atoms with Gasteiger partial charge in [0.25, 0.3) is 12.1 Å². The van der Waals surface area contributed by atoms with Gasteiger partial charge < -0.3 is 19.9 Å². The van der Waals surface area contributed by atoms with E-state index in [4.69, 9.17) is 32.7 Å². The molecular formula is C32H26Cl2N2O7S2. The predicted molar refractivity (Wildman–Crippen MR) is 173 cm³/mol. The second-order valence-electron chi connectivity index (χ2n) is 9.83. The zero-order valence-corrected chi connectivity index (χ0v) is 26.6. The van der Waals surface area contributed by atoms with E-state index in [1.807, 2.05) is 6.07 Å². The minimum atomic E-state index is -3.45. The van der Waals surface area contributed by atoms with Crippen molar-refractivity contribution in [3.63, 3.8) is 0 Å². The molecule has 232 valence electrons. The molecule has 0 aliphatic carbocycles. The first-order valence-corrected chi connectivity index (χ1v) is 16.8. The van der Waals surface area contributed by atoms with Gasteiger partial charge in [-0.3, -0.25) is 4.79 Å². The Hall–Kier alpha value is -4.16. The van der Waals surface area contributed by atoms with Crippen LogP contribution >= 0.6 is 34.5 Å². The Morgan fingerprint density at radius 2 is 1.64 bits per heavy atom. The summed E-state index contributed by atoms with van der Waals surface area (Å²) in [7, 11) is -3.45. The van der Waals surface area contributed by atoms with Crippen LogP contribution in [0.2, 0.25) is 10.0 Å². The van der Waals surface area contributed by atoms with Crippen LogP contribution in [0.3, 0.4) is 0 Å². The normalized spacial score (nSPS) is 12.0. The highest BCUT2D eigenvalue weighted by atomic mass is 35.5. The molecule has 5 rings (SSSR count). The number of thiazole rings is 1. The molecule has 1 atom stereocenters. The van der Waals surface area contributed by atoms with Crippen molar-refractivity contribution < 1.29 is 32.6 Å². The van der Waals surface area contributed by atoms with E-state index in [2.05, 4.69) is 10.3 Å². The smallest absolute Gasteiger partial charge is 0.366 e. The molecule has 1 amide bonds. The summed E-state index contributed by atoms with van der Waals surface area (Å²) in [4.78, 5) is 29.8. The molecule has 0 radical (unpaired) electrons. The van der Waals surface area contributed by atoms with Gasteiger partial charge in [0.15, 0.2) is 9.84 Å². The first-order chi connectivity index (χ1) is 21.6. The van der Waals surface area contributed by atoms with Gasteiger partial charge in [0.05, 0.1) is 26.4 Å². The van der Waals surface area contributed by atoms with Crippen LogP contribution in [0.1, 0.15) is 27.3 Å². The average Bonchev–Trinajstić information content (AvgIpc) is 3.42. The number of ether oxygens (including phenoxy) is 2. The summed E-state index contributed by atoms with van der Waals surface area (Å²) in [5.74, 6) is -1.68. The number of carboxylic acids is 1. The molecule has 1 heterocycles. The standard InChI is InChI=1S/C32H26Cl2N2O7S2/c33-21-9-14-24(15-10-21)45(40,41)17-3-4-20-7-12-23(13-8-20)43-31(32(38)39)36-30(37)25-5-1-2-6-27(25)42-19-29-35-26-18-22(34)11-16-28(26)44-29/h1-2,5-16,18,31H,3-4,17,19H2,(H,36,37)(H,38,39). The number of aromatic nitrogens is 1. The fourth-order valence-corrected chi connectivity index (χ4v) is 6.83. The maximum absolute atomic E-state index is 13.1. The Balaban J connectivity index is 1.17. The van der Waals surface area contributed by atoms with Crippen molar-refractivity contribution >= 4 is 66.5 Å². The summed E-state index contributed by atoms with van der Waals surface area (Å²) < 4.78 is 37.5.